The summed E-state index contributed by atoms with van der Waals surface area (Å²) in [5.41, 5.74) is 0.404. The molecule has 35 heavy (non-hydrogen) atoms. The molecule has 3 saturated heterocycles. The van der Waals surface area contributed by atoms with Crippen LogP contribution in [-0.4, -0.2) is 98.8 Å². The molecule has 0 bridgehead atoms. The van der Waals surface area contributed by atoms with Gasteiger partial charge in [0.15, 0.2) is 0 Å². The summed E-state index contributed by atoms with van der Waals surface area (Å²) in [6.07, 6.45) is 1.95. The number of piperazine rings is 2. The Morgan fingerprint density at radius 1 is 0.743 bits per heavy atom. The maximum absolute atomic E-state index is 13.2. The lowest BCUT2D eigenvalue weighted by molar-refractivity contribution is -0.121. The van der Waals surface area contributed by atoms with Crippen LogP contribution in [0.1, 0.15) is 12.8 Å². The minimum Gasteiger partial charge on any atom is -0.354 e. The summed E-state index contributed by atoms with van der Waals surface area (Å²) in [4.78, 5) is 40.6. The predicted molar refractivity (Wildman–Crippen MR) is 131 cm³/mol. The number of anilines is 3. The third-order valence-corrected chi connectivity index (χ3v) is 8.73. The third kappa shape index (κ3) is 4.73. The number of benzene rings is 1. The maximum Gasteiger partial charge on any atom is 0.243 e. The van der Waals surface area contributed by atoms with Crippen molar-refractivity contribution in [3.63, 3.8) is 0 Å². The molecule has 0 radical (unpaired) electrons. The molecule has 0 aliphatic carbocycles. The van der Waals surface area contributed by atoms with E-state index >= 15 is 0 Å². The zero-order valence-electron chi connectivity index (χ0n) is 19.7. The van der Waals surface area contributed by atoms with Crippen LogP contribution in [0.25, 0.3) is 0 Å². The lowest BCUT2D eigenvalue weighted by Gasteiger charge is -2.36. The van der Waals surface area contributed by atoms with Gasteiger partial charge in [-0.2, -0.15) is 4.31 Å². The highest BCUT2D eigenvalue weighted by Crippen LogP contribution is 2.26. The summed E-state index contributed by atoms with van der Waals surface area (Å²) < 4.78 is 27.9. The highest BCUT2D eigenvalue weighted by molar-refractivity contribution is 7.89. The molecule has 2 amide bonds. The van der Waals surface area contributed by atoms with Crippen LogP contribution in [0.15, 0.2) is 41.6 Å². The third-order valence-electron chi connectivity index (χ3n) is 6.81. The Morgan fingerprint density at radius 3 is 1.80 bits per heavy atom. The number of hydrogen-bond donors (Lipinski definition) is 0. The largest absolute Gasteiger partial charge is 0.354 e. The standard InChI is InChI=1S/C23H29N7O4S/c1-26-8-10-27(11-9-26)20-16-21(25-17-24-20)28-12-14-29(15-13-28)35(33,34)19-4-2-18(3-5-19)30-22(31)6-7-23(30)32/h2-5,16-17H,6-15H2,1H3. The van der Waals surface area contributed by atoms with E-state index < -0.39 is 10.0 Å². The lowest BCUT2D eigenvalue weighted by atomic mass is 10.3. The summed E-state index contributed by atoms with van der Waals surface area (Å²) in [6.45, 7) is 5.52. The molecule has 3 fully saturated rings. The first kappa shape index (κ1) is 23.6. The number of nitrogens with zero attached hydrogens (tertiary/aromatic N) is 7. The second-order valence-corrected chi connectivity index (χ2v) is 11.0. The number of aromatic nitrogens is 2. The van der Waals surface area contributed by atoms with E-state index in [1.807, 2.05) is 6.07 Å². The van der Waals surface area contributed by atoms with Crippen molar-refractivity contribution in [2.75, 3.05) is 74.1 Å². The van der Waals surface area contributed by atoms with Crippen LogP contribution in [0.2, 0.25) is 0 Å². The first-order valence-electron chi connectivity index (χ1n) is 11.8. The van der Waals surface area contributed by atoms with Gasteiger partial charge < -0.3 is 14.7 Å². The summed E-state index contributed by atoms with van der Waals surface area (Å²) >= 11 is 0. The Kier molecular flexibility index (Phi) is 6.43. The van der Waals surface area contributed by atoms with Crippen molar-refractivity contribution in [3.05, 3.63) is 36.7 Å². The van der Waals surface area contributed by atoms with Gasteiger partial charge in [-0.15, -0.1) is 0 Å². The first-order chi connectivity index (χ1) is 16.8. The van der Waals surface area contributed by atoms with Crippen LogP contribution in [0.4, 0.5) is 17.3 Å². The van der Waals surface area contributed by atoms with E-state index in [0.717, 1.165) is 42.7 Å². The molecule has 0 unspecified atom stereocenters. The van der Waals surface area contributed by atoms with E-state index in [4.69, 9.17) is 0 Å². The van der Waals surface area contributed by atoms with Crippen molar-refractivity contribution in [1.82, 2.24) is 19.2 Å². The van der Waals surface area contributed by atoms with E-state index in [1.165, 1.54) is 28.6 Å². The van der Waals surface area contributed by atoms with Crippen LogP contribution in [0, 0.1) is 0 Å². The van der Waals surface area contributed by atoms with Gasteiger partial charge in [-0.3, -0.25) is 14.5 Å². The highest BCUT2D eigenvalue weighted by Gasteiger charge is 2.32. The summed E-state index contributed by atoms with van der Waals surface area (Å²) in [7, 11) is -1.58. The number of rotatable bonds is 5. The molecular formula is C23H29N7O4S. The van der Waals surface area contributed by atoms with Gasteiger partial charge in [0.2, 0.25) is 21.8 Å². The number of likely N-dealkylation sites (N-methyl/N-ethyl adjacent to an activating group) is 1. The Morgan fingerprint density at radius 2 is 1.26 bits per heavy atom. The first-order valence-corrected chi connectivity index (χ1v) is 13.2. The average Bonchev–Trinajstić information content (AvgIpc) is 3.22. The minimum absolute atomic E-state index is 0.146. The van der Waals surface area contributed by atoms with Crippen LogP contribution in [-0.2, 0) is 19.6 Å². The molecule has 4 heterocycles. The van der Waals surface area contributed by atoms with Crippen molar-refractivity contribution < 1.29 is 18.0 Å². The molecule has 0 spiro atoms. The van der Waals surface area contributed by atoms with Gasteiger partial charge in [0.1, 0.15) is 18.0 Å². The number of sulfonamides is 1. The number of hydrogen-bond acceptors (Lipinski definition) is 9. The molecule has 12 heteroatoms. The van der Waals surface area contributed by atoms with Gasteiger partial charge in [0.05, 0.1) is 10.6 Å². The average molecular weight is 500 g/mol. The quantitative estimate of drug-likeness (QED) is 0.540. The second kappa shape index (κ2) is 9.51. The van der Waals surface area contributed by atoms with Gasteiger partial charge in [0, 0.05) is 71.3 Å². The topological polar surface area (TPSA) is 110 Å². The van der Waals surface area contributed by atoms with Gasteiger partial charge in [-0.05, 0) is 31.3 Å². The minimum atomic E-state index is -3.69. The molecule has 5 rings (SSSR count). The van der Waals surface area contributed by atoms with Gasteiger partial charge in [-0.1, -0.05) is 0 Å². The number of imide groups is 1. The molecule has 186 valence electrons. The Hall–Kier alpha value is -3.09. The van der Waals surface area contributed by atoms with Crippen LogP contribution >= 0.6 is 0 Å². The summed E-state index contributed by atoms with van der Waals surface area (Å²) in [6, 6.07) is 7.94. The van der Waals surface area contributed by atoms with Gasteiger partial charge in [-0.25, -0.2) is 18.4 Å². The summed E-state index contributed by atoms with van der Waals surface area (Å²) in [5, 5.41) is 0. The molecule has 3 aliphatic rings. The molecule has 0 N–H and O–H groups in total. The molecule has 0 saturated carbocycles. The summed E-state index contributed by atoms with van der Waals surface area (Å²) in [5.74, 6) is 1.17. The predicted octanol–water partition coefficient (Wildman–Crippen LogP) is 0.393. The van der Waals surface area contributed by atoms with Gasteiger partial charge in [0.25, 0.3) is 0 Å². The van der Waals surface area contributed by atoms with Crippen LogP contribution in [0.5, 0.6) is 0 Å². The van der Waals surface area contributed by atoms with Crippen molar-refractivity contribution in [1.29, 1.82) is 0 Å². The fourth-order valence-corrected chi connectivity index (χ4v) is 6.08. The van der Waals surface area contributed by atoms with E-state index in [1.54, 1.807) is 6.33 Å². The lowest BCUT2D eigenvalue weighted by Crippen LogP contribution is -2.49. The van der Waals surface area contributed by atoms with Crippen molar-refractivity contribution in [2.24, 2.45) is 0 Å². The smallest absolute Gasteiger partial charge is 0.243 e. The Balaban J connectivity index is 1.23. The van der Waals surface area contributed by atoms with E-state index in [-0.39, 0.29) is 29.6 Å². The zero-order chi connectivity index (χ0) is 24.6. The van der Waals surface area contributed by atoms with E-state index in [9.17, 15) is 18.0 Å². The van der Waals surface area contributed by atoms with E-state index in [0.29, 0.717) is 31.9 Å². The monoisotopic (exact) mass is 499 g/mol. The Labute approximate surface area is 205 Å². The highest BCUT2D eigenvalue weighted by atomic mass is 32.2. The number of carbonyl (C=O) groups is 2. The molecule has 11 nitrogen and oxygen atoms in total. The number of amides is 2. The SMILES string of the molecule is CN1CCN(c2cc(N3CCN(S(=O)(=O)c4ccc(N5C(=O)CCC5=O)cc4)CC3)ncn2)CC1. The number of carbonyl (C=O) groups excluding carboxylic acids is 2. The van der Waals surface area contributed by atoms with Crippen LogP contribution < -0.4 is 14.7 Å². The molecule has 1 aromatic heterocycles. The fourth-order valence-electron chi connectivity index (χ4n) is 4.66. The van der Waals surface area contributed by atoms with Crippen LogP contribution in [0.3, 0.4) is 0 Å². The molecule has 2 aromatic rings. The maximum atomic E-state index is 13.2. The van der Waals surface area contributed by atoms with Crippen molar-refractivity contribution in [2.45, 2.75) is 17.7 Å². The van der Waals surface area contributed by atoms with Gasteiger partial charge >= 0.3 is 0 Å². The molecule has 0 atom stereocenters. The molecular weight excluding hydrogens is 470 g/mol. The normalized spacial score (nSPS) is 20.7. The molecule has 1 aromatic carbocycles. The van der Waals surface area contributed by atoms with Crippen molar-refractivity contribution >= 4 is 39.2 Å². The Bertz CT molecular complexity index is 1190. The molecule has 3 aliphatic heterocycles. The van der Waals surface area contributed by atoms with Crippen molar-refractivity contribution in [3.8, 4) is 0 Å². The fraction of sp³-hybridized carbons (Fsp3) is 0.478. The second-order valence-electron chi connectivity index (χ2n) is 9.03. The van der Waals surface area contributed by atoms with E-state index in [2.05, 4.69) is 31.7 Å². The zero-order valence-corrected chi connectivity index (χ0v) is 20.5.